The van der Waals surface area contributed by atoms with Crippen LogP contribution < -0.4 is 10.5 Å². The number of hydrogen-bond donors (Lipinski definition) is 2. The van der Waals surface area contributed by atoms with E-state index in [0.717, 1.165) is 6.07 Å². The van der Waals surface area contributed by atoms with Gasteiger partial charge in [-0.15, -0.1) is 12.4 Å². The second-order valence-corrected chi connectivity index (χ2v) is 7.13. The van der Waals surface area contributed by atoms with Crippen molar-refractivity contribution in [1.82, 2.24) is 4.72 Å². The minimum absolute atomic E-state index is 0. The van der Waals surface area contributed by atoms with E-state index < -0.39 is 26.2 Å². The Morgan fingerprint density at radius 3 is 2.45 bits per heavy atom. The van der Waals surface area contributed by atoms with Gasteiger partial charge in [-0.25, -0.2) is 13.1 Å². The second kappa shape index (κ2) is 6.81. The molecule has 0 aliphatic rings. The number of nitrogens with two attached hydrogens (primary N) is 1. The fourth-order valence-electron chi connectivity index (χ4n) is 1.32. The summed E-state index contributed by atoms with van der Waals surface area (Å²) in [5.74, 6) is 0. The molecule has 1 rings (SSSR count). The Morgan fingerprint density at radius 1 is 1.45 bits per heavy atom. The Morgan fingerprint density at radius 2 is 2.00 bits per heavy atom. The summed E-state index contributed by atoms with van der Waals surface area (Å²) in [6.07, 6.45) is 0. The zero-order chi connectivity index (χ0) is 14.8. The maximum Gasteiger partial charge on any atom is 0.290 e. The summed E-state index contributed by atoms with van der Waals surface area (Å²) >= 11 is 3.07. The Kier molecular flexibility index (Phi) is 6.56. The molecule has 0 bridgehead atoms. The Hall–Kier alpha value is -0.740. The van der Waals surface area contributed by atoms with E-state index in [0.29, 0.717) is 4.47 Å². The second-order valence-electron chi connectivity index (χ2n) is 4.56. The lowest BCUT2D eigenvalue weighted by molar-refractivity contribution is -0.387. The molecule has 0 atom stereocenters. The number of nitrogens with zero attached hydrogens (tertiary/aromatic N) is 1. The van der Waals surface area contributed by atoms with Gasteiger partial charge >= 0.3 is 0 Å². The molecule has 0 unspecified atom stereocenters. The van der Waals surface area contributed by atoms with Crippen LogP contribution in [0.4, 0.5) is 5.69 Å². The van der Waals surface area contributed by atoms with Crippen molar-refractivity contribution in [2.24, 2.45) is 5.73 Å². The SMILES string of the molecule is CC(C)(CN)NS(=O)(=O)c1ccc(Br)cc1[N+](=O)[O-].Cl. The summed E-state index contributed by atoms with van der Waals surface area (Å²) in [6, 6.07) is 3.75. The first-order chi connectivity index (χ1) is 8.59. The summed E-state index contributed by atoms with van der Waals surface area (Å²) in [5.41, 5.74) is 4.07. The monoisotopic (exact) mass is 387 g/mol. The van der Waals surface area contributed by atoms with Crippen molar-refractivity contribution in [2.75, 3.05) is 6.54 Å². The summed E-state index contributed by atoms with van der Waals surface area (Å²) in [7, 11) is -4.01. The van der Waals surface area contributed by atoms with Crippen molar-refractivity contribution in [1.29, 1.82) is 0 Å². The Labute approximate surface area is 131 Å². The van der Waals surface area contributed by atoms with Crippen LogP contribution in [0.5, 0.6) is 0 Å². The summed E-state index contributed by atoms with van der Waals surface area (Å²) in [4.78, 5) is 9.80. The van der Waals surface area contributed by atoms with Crippen LogP contribution in [-0.2, 0) is 10.0 Å². The molecule has 1 aromatic rings. The van der Waals surface area contributed by atoms with Gasteiger partial charge in [-0.3, -0.25) is 10.1 Å². The number of nitro groups is 1. The highest BCUT2D eigenvalue weighted by Crippen LogP contribution is 2.27. The first-order valence-electron chi connectivity index (χ1n) is 5.27. The van der Waals surface area contributed by atoms with Gasteiger partial charge < -0.3 is 5.73 Å². The van der Waals surface area contributed by atoms with Crippen molar-refractivity contribution in [3.8, 4) is 0 Å². The van der Waals surface area contributed by atoms with Crippen LogP contribution in [0.25, 0.3) is 0 Å². The molecule has 114 valence electrons. The summed E-state index contributed by atoms with van der Waals surface area (Å²) < 4.78 is 27.1. The summed E-state index contributed by atoms with van der Waals surface area (Å²) in [6.45, 7) is 3.25. The van der Waals surface area contributed by atoms with Gasteiger partial charge in [0.2, 0.25) is 10.0 Å². The van der Waals surface area contributed by atoms with Crippen molar-refractivity contribution in [3.05, 3.63) is 32.8 Å². The van der Waals surface area contributed by atoms with Crippen molar-refractivity contribution >= 4 is 44.0 Å². The first-order valence-corrected chi connectivity index (χ1v) is 7.55. The molecule has 0 radical (unpaired) electrons. The van der Waals surface area contributed by atoms with Crippen LogP contribution >= 0.6 is 28.3 Å². The third kappa shape index (κ3) is 4.67. The first kappa shape index (κ1) is 19.3. The maximum absolute atomic E-state index is 12.2. The Bertz CT molecular complexity index is 607. The van der Waals surface area contributed by atoms with Gasteiger partial charge in [0.1, 0.15) is 0 Å². The topological polar surface area (TPSA) is 115 Å². The molecule has 0 spiro atoms. The van der Waals surface area contributed by atoms with Crippen LogP contribution in [0.2, 0.25) is 0 Å². The lowest BCUT2D eigenvalue weighted by Crippen LogP contribution is -2.48. The van der Waals surface area contributed by atoms with Crippen LogP contribution in [0.1, 0.15) is 13.8 Å². The van der Waals surface area contributed by atoms with Gasteiger partial charge in [0, 0.05) is 22.6 Å². The highest BCUT2D eigenvalue weighted by Gasteiger charge is 2.30. The molecule has 3 N–H and O–H groups in total. The van der Waals surface area contributed by atoms with Gasteiger partial charge in [-0.2, -0.15) is 0 Å². The molecule has 0 saturated carbocycles. The number of halogens is 2. The highest BCUT2D eigenvalue weighted by molar-refractivity contribution is 9.10. The van der Waals surface area contributed by atoms with E-state index in [-0.39, 0.29) is 23.8 Å². The number of sulfonamides is 1. The average molecular weight is 389 g/mol. The van der Waals surface area contributed by atoms with Crippen molar-refractivity contribution in [2.45, 2.75) is 24.3 Å². The van der Waals surface area contributed by atoms with E-state index in [1.807, 2.05) is 0 Å². The number of nitro benzene ring substituents is 1. The fraction of sp³-hybridized carbons (Fsp3) is 0.400. The molecule has 20 heavy (non-hydrogen) atoms. The van der Waals surface area contributed by atoms with E-state index in [1.165, 1.54) is 12.1 Å². The van der Waals surface area contributed by atoms with E-state index in [1.54, 1.807) is 13.8 Å². The molecule has 0 aromatic heterocycles. The minimum atomic E-state index is -4.01. The molecular formula is C10H15BrClN3O4S. The van der Waals surface area contributed by atoms with E-state index in [2.05, 4.69) is 20.7 Å². The van der Waals surface area contributed by atoms with Gasteiger partial charge in [0.15, 0.2) is 4.90 Å². The van der Waals surface area contributed by atoms with Crippen LogP contribution in [-0.4, -0.2) is 25.4 Å². The van der Waals surface area contributed by atoms with E-state index in [9.17, 15) is 18.5 Å². The minimum Gasteiger partial charge on any atom is -0.329 e. The normalized spacial score (nSPS) is 11.8. The Balaban J connectivity index is 0.00000361. The smallest absolute Gasteiger partial charge is 0.290 e. The molecule has 10 heteroatoms. The van der Waals surface area contributed by atoms with Gasteiger partial charge in [-0.1, -0.05) is 15.9 Å². The number of rotatable bonds is 5. The largest absolute Gasteiger partial charge is 0.329 e. The molecule has 0 fully saturated rings. The molecule has 0 heterocycles. The molecule has 0 saturated heterocycles. The lowest BCUT2D eigenvalue weighted by atomic mass is 10.1. The third-order valence-electron chi connectivity index (χ3n) is 2.33. The molecule has 0 amide bonds. The zero-order valence-electron chi connectivity index (χ0n) is 10.8. The predicted molar refractivity (Wildman–Crippen MR) is 81.5 cm³/mol. The van der Waals surface area contributed by atoms with Gasteiger partial charge in [0.25, 0.3) is 5.69 Å². The molecule has 7 nitrogen and oxygen atoms in total. The van der Waals surface area contributed by atoms with E-state index >= 15 is 0 Å². The zero-order valence-corrected chi connectivity index (χ0v) is 14.0. The fourth-order valence-corrected chi connectivity index (χ4v) is 3.25. The number of nitrogens with one attached hydrogen (secondary N) is 1. The van der Waals surface area contributed by atoms with Gasteiger partial charge in [0.05, 0.1) is 4.92 Å². The quantitative estimate of drug-likeness (QED) is 0.589. The molecule has 0 aliphatic carbocycles. The van der Waals surface area contributed by atoms with Crippen molar-refractivity contribution < 1.29 is 13.3 Å². The average Bonchev–Trinajstić information content (AvgIpc) is 2.27. The van der Waals surface area contributed by atoms with Gasteiger partial charge in [-0.05, 0) is 26.0 Å². The van der Waals surface area contributed by atoms with E-state index in [4.69, 9.17) is 5.73 Å². The lowest BCUT2D eigenvalue weighted by Gasteiger charge is -2.23. The number of hydrogen-bond acceptors (Lipinski definition) is 5. The molecular weight excluding hydrogens is 374 g/mol. The molecule has 0 aliphatic heterocycles. The third-order valence-corrected chi connectivity index (χ3v) is 4.57. The maximum atomic E-state index is 12.2. The van der Waals surface area contributed by atoms with Crippen LogP contribution in [0.15, 0.2) is 27.6 Å². The van der Waals surface area contributed by atoms with Crippen molar-refractivity contribution in [3.63, 3.8) is 0 Å². The molecule has 1 aromatic carbocycles. The number of benzene rings is 1. The summed E-state index contributed by atoms with van der Waals surface area (Å²) in [5, 5.41) is 10.9. The van der Waals surface area contributed by atoms with Crippen LogP contribution in [0, 0.1) is 10.1 Å². The highest BCUT2D eigenvalue weighted by atomic mass is 79.9. The predicted octanol–water partition coefficient (Wildman–Crippen LogP) is 1.79. The standard InChI is InChI=1S/C10H14BrN3O4S.ClH/c1-10(2,6-12)13-19(17,18)9-4-3-7(11)5-8(9)14(15)16;/h3-5,13H,6,12H2,1-2H3;1H. The van der Waals surface area contributed by atoms with Crippen LogP contribution in [0.3, 0.4) is 0 Å².